The van der Waals surface area contributed by atoms with Gasteiger partial charge in [-0.15, -0.1) is 0 Å². The van der Waals surface area contributed by atoms with Crippen LogP contribution in [0.25, 0.3) is 0 Å². The lowest BCUT2D eigenvalue weighted by Crippen LogP contribution is -2.34. The second-order valence-corrected chi connectivity index (χ2v) is 6.41. The van der Waals surface area contributed by atoms with Crippen molar-refractivity contribution >= 4 is 57.2 Å². The lowest BCUT2D eigenvalue weighted by molar-refractivity contribution is -0.120. The minimum absolute atomic E-state index is 0.197. The SMILES string of the molecule is O=C(CNC(=O)c1cccc(Br)c1)NN=Cc1ccc(Cl)cc1Cl. The molecule has 0 aliphatic rings. The van der Waals surface area contributed by atoms with Crippen LogP contribution in [-0.2, 0) is 4.79 Å². The number of amides is 2. The van der Waals surface area contributed by atoms with Gasteiger partial charge in [0.05, 0.1) is 17.8 Å². The molecule has 0 atom stereocenters. The van der Waals surface area contributed by atoms with Gasteiger partial charge in [-0.05, 0) is 30.3 Å². The minimum atomic E-state index is -0.459. The fourth-order valence-electron chi connectivity index (χ4n) is 1.71. The molecule has 0 spiro atoms. The zero-order chi connectivity index (χ0) is 17.5. The lowest BCUT2D eigenvalue weighted by atomic mass is 10.2. The van der Waals surface area contributed by atoms with Gasteiger partial charge >= 0.3 is 0 Å². The number of rotatable bonds is 5. The van der Waals surface area contributed by atoms with Crippen LogP contribution < -0.4 is 10.7 Å². The Morgan fingerprint density at radius 1 is 1.17 bits per heavy atom. The number of halogens is 3. The van der Waals surface area contributed by atoms with Crippen molar-refractivity contribution in [3.05, 3.63) is 68.1 Å². The van der Waals surface area contributed by atoms with Crippen LogP contribution in [0.3, 0.4) is 0 Å². The van der Waals surface area contributed by atoms with Gasteiger partial charge in [-0.1, -0.05) is 51.3 Å². The molecule has 2 amide bonds. The maximum atomic E-state index is 11.9. The van der Waals surface area contributed by atoms with Gasteiger partial charge in [0.1, 0.15) is 0 Å². The molecule has 2 aromatic carbocycles. The Morgan fingerprint density at radius 2 is 1.96 bits per heavy atom. The van der Waals surface area contributed by atoms with E-state index in [4.69, 9.17) is 23.2 Å². The van der Waals surface area contributed by atoms with Crippen molar-refractivity contribution in [2.75, 3.05) is 6.54 Å². The summed E-state index contributed by atoms with van der Waals surface area (Å²) in [6.07, 6.45) is 1.40. The van der Waals surface area contributed by atoms with Crippen LogP contribution in [0.15, 0.2) is 52.0 Å². The molecule has 5 nitrogen and oxygen atoms in total. The van der Waals surface area contributed by atoms with Crippen LogP contribution in [0.4, 0.5) is 0 Å². The summed E-state index contributed by atoms with van der Waals surface area (Å²) in [5, 5.41) is 7.22. The normalized spacial score (nSPS) is 10.6. The van der Waals surface area contributed by atoms with Crippen LogP contribution in [-0.4, -0.2) is 24.6 Å². The Morgan fingerprint density at radius 3 is 2.67 bits per heavy atom. The first kappa shape index (κ1) is 18.4. The fourth-order valence-corrected chi connectivity index (χ4v) is 2.57. The molecule has 124 valence electrons. The van der Waals surface area contributed by atoms with Crippen molar-refractivity contribution in [3.63, 3.8) is 0 Å². The summed E-state index contributed by atoms with van der Waals surface area (Å²) in [5.74, 6) is -0.809. The second kappa shape index (κ2) is 8.82. The van der Waals surface area contributed by atoms with E-state index in [0.717, 1.165) is 4.47 Å². The Kier molecular flexibility index (Phi) is 6.78. The smallest absolute Gasteiger partial charge is 0.259 e. The number of nitrogens with zero attached hydrogens (tertiary/aromatic N) is 1. The molecule has 0 radical (unpaired) electrons. The van der Waals surface area contributed by atoms with E-state index in [0.29, 0.717) is 21.2 Å². The predicted molar refractivity (Wildman–Crippen MR) is 98.7 cm³/mol. The molecule has 2 rings (SSSR count). The summed E-state index contributed by atoms with van der Waals surface area (Å²) in [7, 11) is 0. The number of hydrogen-bond acceptors (Lipinski definition) is 3. The Labute approximate surface area is 157 Å². The van der Waals surface area contributed by atoms with Crippen LogP contribution in [0.5, 0.6) is 0 Å². The molecule has 8 heteroatoms. The molecule has 0 aromatic heterocycles. The van der Waals surface area contributed by atoms with Crippen LogP contribution in [0.1, 0.15) is 15.9 Å². The standard InChI is InChI=1S/C16H12BrCl2N3O2/c17-12-3-1-2-10(6-12)16(24)20-9-15(23)22-21-8-11-4-5-13(18)7-14(11)19/h1-8H,9H2,(H,20,24)(H,22,23). The van der Waals surface area contributed by atoms with Crippen molar-refractivity contribution in [1.82, 2.24) is 10.7 Å². The van der Waals surface area contributed by atoms with Gasteiger partial charge in [0.2, 0.25) is 0 Å². The van der Waals surface area contributed by atoms with Crippen molar-refractivity contribution < 1.29 is 9.59 Å². The Hall–Kier alpha value is -1.89. The highest BCUT2D eigenvalue weighted by Gasteiger charge is 2.07. The van der Waals surface area contributed by atoms with Crippen LogP contribution in [0, 0.1) is 0 Å². The molecule has 0 heterocycles. The molecule has 0 aliphatic carbocycles. The highest BCUT2D eigenvalue weighted by molar-refractivity contribution is 9.10. The Balaban J connectivity index is 1.83. The van der Waals surface area contributed by atoms with Crippen molar-refractivity contribution in [2.45, 2.75) is 0 Å². The maximum Gasteiger partial charge on any atom is 0.259 e. The van der Waals surface area contributed by atoms with E-state index in [1.165, 1.54) is 6.21 Å². The van der Waals surface area contributed by atoms with Crippen molar-refractivity contribution in [1.29, 1.82) is 0 Å². The van der Waals surface area contributed by atoms with E-state index in [2.05, 4.69) is 31.8 Å². The Bertz CT molecular complexity index is 797. The second-order valence-electron chi connectivity index (χ2n) is 4.65. The molecule has 0 saturated carbocycles. The van der Waals surface area contributed by atoms with Gasteiger partial charge < -0.3 is 5.32 Å². The van der Waals surface area contributed by atoms with E-state index in [1.54, 1.807) is 42.5 Å². The quantitative estimate of drug-likeness (QED) is 0.563. The zero-order valence-electron chi connectivity index (χ0n) is 12.2. The third-order valence-corrected chi connectivity index (χ3v) is 3.91. The molecule has 2 N–H and O–H groups in total. The number of benzene rings is 2. The maximum absolute atomic E-state index is 11.9. The monoisotopic (exact) mass is 427 g/mol. The average Bonchev–Trinajstić information content (AvgIpc) is 2.54. The van der Waals surface area contributed by atoms with E-state index >= 15 is 0 Å². The first-order valence-electron chi connectivity index (χ1n) is 6.76. The average molecular weight is 429 g/mol. The summed E-state index contributed by atoms with van der Waals surface area (Å²) in [6.45, 7) is -0.197. The third-order valence-electron chi connectivity index (χ3n) is 2.85. The van der Waals surface area contributed by atoms with E-state index in [1.807, 2.05) is 0 Å². The highest BCUT2D eigenvalue weighted by Crippen LogP contribution is 2.19. The molecule has 0 aliphatic heterocycles. The highest BCUT2D eigenvalue weighted by atomic mass is 79.9. The van der Waals surface area contributed by atoms with Gasteiger partial charge in [0.15, 0.2) is 0 Å². The summed E-state index contributed by atoms with van der Waals surface area (Å²) in [4.78, 5) is 23.6. The van der Waals surface area contributed by atoms with E-state index in [9.17, 15) is 9.59 Å². The summed E-state index contributed by atoms with van der Waals surface area (Å²) < 4.78 is 0.782. The van der Waals surface area contributed by atoms with Crippen LogP contribution >= 0.6 is 39.1 Å². The molecule has 24 heavy (non-hydrogen) atoms. The fraction of sp³-hybridized carbons (Fsp3) is 0.0625. The first-order chi connectivity index (χ1) is 11.5. The topological polar surface area (TPSA) is 70.6 Å². The van der Waals surface area contributed by atoms with Gasteiger partial charge in [-0.2, -0.15) is 5.10 Å². The van der Waals surface area contributed by atoms with Gasteiger partial charge in [0, 0.05) is 20.6 Å². The van der Waals surface area contributed by atoms with Gasteiger partial charge in [-0.25, -0.2) is 5.43 Å². The molecular weight excluding hydrogens is 417 g/mol. The van der Waals surface area contributed by atoms with Gasteiger partial charge in [-0.3, -0.25) is 9.59 Å². The third kappa shape index (κ3) is 5.63. The number of nitrogens with one attached hydrogen (secondary N) is 2. The molecule has 0 fully saturated rings. The molecular formula is C16H12BrCl2N3O2. The largest absolute Gasteiger partial charge is 0.343 e. The van der Waals surface area contributed by atoms with Crippen molar-refractivity contribution in [3.8, 4) is 0 Å². The number of carbonyl (C=O) groups excluding carboxylic acids is 2. The molecule has 0 unspecified atom stereocenters. The van der Waals surface area contributed by atoms with Gasteiger partial charge in [0.25, 0.3) is 11.8 Å². The summed E-state index contributed by atoms with van der Waals surface area (Å²) in [5.41, 5.74) is 3.37. The number of hydrogen-bond donors (Lipinski definition) is 2. The molecule has 0 saturated heterocycles. The first-order valence-corrected chi connectivity index (χ1v) is 8.31. The van der Waals surface area contributed by atoms with E-state index in [-0.39, 0.29) is 12.5 Å². The summed E-state index contributed by atoms with van der Waals surface area (Å²) >= 11 is 15.0. The lowest BCUT2D eigenvalue weighted by Gasteiger charge is -2.04. The van der Waals surface area contributed by atoms with Crippen molar-refractivity contribution in [2.24, 2.45) is 5.10 Å². The van der Waals surface area contributed by atoms with Crippen LogP contribution in [0.2, 0.25) is 10.0 Å². The zero-order valence-corrected chi connectivity index (χ0v) is 15.3. The number of carbonyl (C=O) groups is 2. The molecule has 2 aromatic rings. The number of hydrazone groups is 1. The minimum Gasteiger partial charge on any atom is -0.343 e. The molecule has 0 bridgehead atoms. The van der Waals surface area contributed by atoms with E-state index < -0.39 is 5.91 Å². The summed E-state index contributed by atoms with van der Waals surface area (Å²) in [6, 6.07) is 11.8. The predicted octanol–water partition coefficient (Wildman–Crippen LogP) is 3.64.